The molecule has 0 bridgehead atoms. The highest BCUT2D eigenvalue weighted by Crippen LogP contribution is 2.42. The lowest BCUT2D eigenvalue weighted by atomic mass is 9.98. The van der Waals surface area contributed by atoms with E-state index in [0.717, 1.165) is 47.8 Å². The minimum absolute atomic E-state index is 0.435. The Bertz CT molecular complexity index is 997. The van der Waals surface area contributed by atoms with Crippen LogP contribution in [0.1, 0.15) is 67.1 Å². The van der Waals surface area contributed by atoms with Crippen LogP contribution in [0.25, 0.3) is 22.4 Å². The van der Waals surface area contributed by atoms with E-state index >= 15 is 0 Å². The molecule has 0 aliphatic heterocycles. The van der Waals surface area contributed by atoms with E-state index in [1.807, 2.05) is 0 Å². The maximum Gasteiger partial charge on any atom is 0.258 e. The summed E-state index contributed by atoms with van der Waals surface area (Å²) in [6, 6.07) is 6.50. The Labute approximate surface area is 153 Å². The van der Waals surface area contributed by atoms with Crippen molar-refractivity contribution in [1.29, 1.82) is 0 Å². The molecule has 5 nitrogen and oxygen atoms in total. The highest BCUT2D eigenvalue weighted by Gasteiger charge is 2.36. The molecule has 134 valence electrons. The molecule has 2 fully saturated rings. The number of fused-ring (bicyclic) bond motifs is 1. The molecule has 0 spiro atoms. The normalized spacial score (nSPS) is 19.3. The van der Waals surface area contributed by atoms with E-state index in [2.05, 4.69) is 37.2 Å². The van der Waals surface area contributed by atoms with E-state index in [-0.39, 0.29) is 0 Å². The average molecular weight is 348 g/mol. The zero-order valence-corrected chi connectivity index (χ0v) is 15.4. The molecule has 0 saturated heterocycles. The molecule has 2 aliphatic rings. The first-order valence-electron chi connectivity index (χ1n) is 9.59. The van der Waals surface area contributed by atoms with Gasteiger partial charge in [-0.25, -0.2) is 0 Å². The van der Waals surface area contributed by atoms with E-state index in [4.69, 9.17) is 20.2 Å². The summed E-state index contributed by atoms with van der Waals surface area (Å²) in [5.74, 6) is 1.78. The van der Waals surface area contributed by atoms with Crippen molar-refractivity contribution in [3.63, 3.8) is 0 Å². The number of nitrogens with two attached hydrogens (primary N) is 1. The van der Waals surface area contributed by atoms with Crippen LogP contribution < -0.4 is 5.73 Å². The smallest absolute Gasteiger partial charge is 0.258 e. The van der Waals surface area contributed by atoms with Crippen LogP contribution in [-0.4, -0.2) is 15.1 Å². The van der Waals surface area contributed by atoms with Gasteiger partial charge in [-0.05, 0) is 57.2 Å². The van der Waals surface area contributed by atoms with Crippen molar-refractivity contribution in [2.24, 2.45) is 5.73 Å². The van der Waals surface area contributed by atoms with Crippen LogP contribution in [0.5, 0.6) is 0 Å². The van der Waals surface area contributed by atoms with Gasteiger partial charge in [0, 0.05) is 17.0 Å². The third-order valence-electron chi connectivity index (χ3n) is 5.86. The number of pyridine rings is 1. The number of hydrogen-bond acceptors (Lipinski definition) is 5. The molecule has 1 aromatic carbocycles. The first-order valence-corrected chi connectivity index (χ1v) is 9.59. The van der Waals surface area contributed by atoms with Crippen molar-refractivity contribution in [2.45, 2.75) is 63.8 Å². The number of hydrogen-bond donors (Lipinski definition) is 1. The van der Waals surface area contributed by atoms with Crippen LogP contribution in [0.4, 0.5) is 0 Å². The van der Waals surface area contributed by atoms with E-state index in [0.29, 0.717) is 17.6 Å². The van der Waals surface area contributed by atoms with Crippen molar-refractivity contribution in [1.82, 2.24) is 15.1 Å². The molecule has 5 heteroatoms. The summed E-state index contributed by atoms with van der Waals surface area (Å²) in [4.78, 5) is 9.68. The third kappa shape index (κ3) is 2.53. The van der Waals surface area contributed by atoms with Gasteiger partial charge < -0.3 is 10.3 Å². The summed E-state index contributed by atoms with van der Waals surface area (Å²) in [7, 11) is 0. The molecular weight excluding hydrogens is 324 g/mol. The van der Waals surface area contributed by atoms with E-state index in [1.165, 1.54) is 24.0 Å². The van der Waals surface area contributed by atoms with Crippen LogP contribution in [0.2, 0.25) is 0 Å². The summed E-state index contributed by atoms with van der Waals surface area (Å²) in [6.45, 7) is 4.23. The van der Waals surface area contributed by atoms with Crippen LogP contribution in [-0.2, 0) is 5.54 Å². The fourth-order valence-corrected chi connectivity index (χ4v) is 4.23. The molecule has 2 aliphatic carbocycles. The minimum Gasteiger partial charge on any atom is -0.334 e. The predicted octanol–water partition coefficient (Wildman–Crippen LogP) is 4.51. The summed E-state index contributed by atoms with van der Waals surface area (Å²) in [6.07, 6.45) is 6.53. The van der Waals surface area contributed by atoms with Gasteiger partial charge in [0.2, 0.25) is 0 Å². The fourth-order valence-electron chi connectivity index (χ4n) is 4.23. The molecule has 0 amide bonds. The van der Waals surface area contributed by atoms with Crippen molar-refractivity contribution in [3.8, 4) is 11.5 Å². The summed E-state index contributed by atoms with van der Waals surface area (Å²) >= 11 is 0. The molecule has 2 aromatic heterocycles. The standard InChI is InChI=1S/C21H24N4O/c1-12-9-13(2)18-15(10-12)16(11-17(23-18)14-5-6-14)19-24-20(25-26-19)21(22)7-3-4-8-21/h9-11,14H,3-8,22H2,1-2H3. The SMILES string of the molecule is Cc1cc(C)c2nc(C3CC3)cc(-c3nc(C4(N)CCCC4)no3)c2c1. The maximum atomic E-state index is 6.52. The number of nitrogens with zero attached hydrogens (tertiary/aromatic N) is 3. The van der Waals surface area contributed by atoms with Gasteiger partial charge in [0.05, 0.1) is 16.6 Å². The Morgan fingerprint density at radius 3 is 2.58 bits per heavy atom. The lowest BCUT2D eigenvalue weighted by molar-refractivity contribution is 0.373. The lowest BCUT2D eigenvalue weighted by Gasteiger charge is -2.17. The van der Waals surface area contributed by atoms with Gasteiger partial charge in [0.25, 0.3) is 5.89 Å². The number of benzene rings is 1. The topological polar surface area (TPSA) is 77.8 Å². The zero-order valence-electron chi connectivity index (χ0n) is 15.4. The van der Waals surface area contributed by atoms with Gasteiger partial charge in [-0.1, -0.05) is 29.6 Å². The highest BCUT2D eigenvalue weighted by atomic mass is 16.5. The molecule has 2 heterocycles. The highest BCUT2D eigenvalue weighted by molar-refractivity contribution is 5.95. The minimum atomic E-state index is -0.435. The van der Waals surface area contributed by atoms with Crippen molar-refractivity contribution in [2.75, 3.05) is 0 Å². The molecule has 3 aromatic rings. The van der Waals surface area contributed by atoms with Gasteiger partial charge in [0.1, 0.15) is 0 Å². The lowest BCUT2D eigenvalue weighted by Crippen LogP contribution is -2.34. The Balaban J connectivity index is 1.69. The molecular formula is C21H24N4O. The molecule has 2 N–H and O–H groups in total. The van der Waals surface area contributed by atoms with Crippen molar-refractivity contribution < 1.29 is 4.52 Å². The van der Waals surface area contributed by atoms with Crippen molar-refractivity contribution >= 4 is 10.9 Å². The Hall–Kier alpha value is -2.27. The molecule has 0 radical (unpaired) electrons. The summed E-state index contributed by atoms with van der Waals surface area (Å²) in [5, 5.41) is 5.34. The number of rotatable bonds is 3. The molecule has 0 atom stereocenters. The van der Waals surface area contributed by atoms with Gasteiger partial charge in [-0.15, -0.1) is 0 Å². The first-order chi connectivity index (χ1) is 12.5. The maximum absolute atomic E-state index is 6.52. The van der Waals surface area contributed by atoms with Gasteiger partial charge >= 0.3 is 0 Å². The van der Waals surface area contributed by atoms with Crippen LogP contribution in [0.3, 0.4) is 0 Å². The molecule has 0 unspecified atom stereocenters. The van der Waals surface area contributed by atoms with Crippen LogP contribution in [0, 0.1) is 13.8 Å². The quantitative estimate of drug-likeness (QED) is 0.753. The van der Waals surface area contributed by atoms with Crippen molar-refractivity contribution in [3.05, 3.63) is 40.8 Å². The van der Waals surface area contributed by atoms with E-state index in [9.17, 15) is 0 Å². The molecule has 26 heavy (non-hydrogen) atoms. The predicted molar refractivity (Wildman–Crippen MR) is 101 cm³/mol. The molecule has 5 rings (SSSR count). The second kappa shape index (κ2) is 5.61. The summed E-state index contributed by atoms with van der Waals surface area (Å²) in [5.41, 5.74) is 11.7. The number of aromatic nitrogens is 3. The van der Waals surface area contributed by atoms with Crippen LogP contribution in [0.15, 0.2) is 22.7 Å². The third-order valence-corrected chi connectivity index (χ3v) is 5.86. The van der Waals surface area contributed by atoms with Gasteiger partial charge in [0.15, 0.2) is 5.82 Å². The molecule has 2 saturated carbocycles. The Morgan fingerprint density at radius 2 is 1.85 bits per heavy atom. The van der Waals surface area contributed by atoms with Gasteiger partial charge in [-0.3, -0.25) is 4.98 Å². The fraction of sp³-hybridized carbons (Fsp3) is 0.476. The van der Waals surface area contributed by atoms with Gasteiger partial charge in [-0.2, -0.15) is 4.98 Å². The largest absolute Gasteiger partial charge is 0.334 e. The first kappa shape index (κ1) is 15.9. The number of aryl methyl sites for hydroxylation is 2. The van der Waals surface area contributed by atoms with Crippen LogP contribution >= 0.6 is 0 Å². The second-order valence-corrected chi connectivity index (χ2v) is 8.13. The average Bonchev–Trinajstić information content (AvgIpc) is 3.16. The Morgan fingerprint density at radius 1 is 1.08 bits per heavy atom. The zero-order chi connectivity index (χ0) is 17.9. The van der Waals surface area contributed by atoms with E-state index < -0.39 is 5.54 Å². The monoisotopic (exact) mass is 348 g/mol. The Kier molecular flexibility index (Phi) is 3.44. The second-order valence-electron chi connectivity index (χ2n) is 8.13. The van der Waals surface area contributed by atoms with E-state index in [1.54, 1.807) is 0 Å². The summed E-state index contributed by atoms with van der Waals surface area (Å²) < 4.78 is 5.70.